The zero-order valence-corrected chi connectivity index (χ0v) is 8.96. The molecule has 0 radical (unpaired) electrons. The van der Waals surface area contributed by atoms with Crippen molar-refractivity contribution in [3.05, 3.63) is 41.3 Å². The smallest absolute Gasteiger partial charge is 0.139 e. The number of hydrogen-bond donors (Lipinski definition) is 1. The molecule has 0 spiro atoms. The molecule has 0 fully saturated rings. The van der Waals surface area contributed by atoms with E-state index in [1.54, 1.807) is 12.3 Å². The van der Waals surface area contributed by atoms with Crippen molar-refractivity contribution in [2.24, 2.45) is 0 Å². The summed E-state index contributed by atoms with van der Waals surface area (Å²) < 4.78 is 12.9. The van der Waals surface area contributed by atoms with Crippen molar-refractivity contribution in [1.29, 1.82) is 5.26 Å². The summed E-state index contributed by atoms with van der Waals surface area (Å²) in [6, 6.07) is 6.16. The largest absolute Gasteiger partial charge is 0.207 e. The maximum Gasteiger partial charge on any atom is 0.139 e. The van der Waals surface area contributed by atoms with Crippen molar-refractivity contribution in [1.82, 2.24) is 15.4 Å². The second kappa shape index (κ2) is 4.77. The molecule has 0 amide bonds. The molecule has 0 aliphatic heterocycles. The zero-order valence-electron chi connectivity index (χ0n) is 8.14. The van der Waals surface area contributed by atoms with Gasteiger partial charge in [-0.15, -0.1) is 5.10 Å². The highest BCUT2D eigenvalue weighted by atomic mass is 32.2. The Bertz CT molecular complexity index is 518. The van der Waals surface area contributed by atoms with E-state index in [-0.39, 0.29) is 0 Å². The van der Waals surface area contributed by atoms with E-state index in [0.29, 0.717) is 11.3 Å². The number of nitriles is 1. The van der Waals surface area contributed by atoms with Gasteiger partial charge < -0.3 is 0 Å². The summed E-state index contributed by atoms with van der Waals surface area (Å²) in [7, 11) is 0. The molecule has 1 N–H and O–H groups in total. The van der Waals surface area contributed by atoms with Crippen molar-refractivity contribution in [2.45, 2.75) is 10.8 Å². The fraction of sp³-hybridized carbons (Fsp3) is 0.100. The minimum atomic E-state index is -0.397. The molecule has 0 aliphatic rings. The summed E-state index contributed by atoms with van der Waals surface area (Å²) in [6.07, 6.45) is 1.60. The number of rotatable bonds is 3. The van der Waals surface area contributed by atoms with Crippen LogP contribution in [0, 0.1) is 17.1 Å². The van der Waals surface area contributed by atoms with E-state index in [0.717, 1.165) is 10.6 Å². The van der Waals surface area contributed by atoms with Gasteiger partial charge in [-0.1, -0.05) is 17.8 Å². The Balaban J connectivity index is 2.13. The van der Waals surface area contributed by atoms with Gasteiger partial charge in [0.05, 0.1) is 17.8 Å². The van der Waals surface area contributed by atoms with Crippen molar-refractivity contribution in [3.8, 4) is 6.07 Å². The van der Waals surface area contributed by atoms with Crippen molar-refractivity contribution >= 4 is 11.8 Å². The van der Waals surface area contributed by atoms with Crippen LogP contribution < -0.4 is 0 Å². The van der Waals surface area contributed by atoms with Gasteiger partial charge in [-0.3, -0.25) is 0 Å². The predicted molar refractivity (Wildman–Crippen MR) is 57.1 cm³/mol. The second-order valence-corrected chi connectivity index (χ2v) is 4.01. The highest BCUT2D eigenvalue weighted by Gasteiger charge is 2.05. The van der Waals surface area contributed by atoms with Crippen LogP contribution in [0.1, 0.15) is 11.1 Å². The standard InChI is InChI=1S/C10H7FN4S/c11-9-2-1-7(8(3-9)4-12)6-16-10-5-13-15-14-10/h1-3,5H,6H2,(H,13,14,15). The molecule has 6 heteroatoms. The Kier molecular flexibility index (Phi) is 3.17. The molecule has 0 unspecified atom stereocenters. The van der Waals surface area contributed by atoms with Crippen LogP contribution in [-0.4, -0.2) is 15.4 Å². The van der Waals surface area contributed by atoms with Gasteiger partial charge >= 0.3 is 0 Å². The molecule has 2 rings (SSSR count). The highest BCUT2D eigenvalue weighted by molar-refractivity contribution is 7.98. The average Bonchev–Trinajstić information content (AvgIpc) is 2.80. The lowest BCUT2D eigenvalue weighted by molar-refractivity contribution is 0.627. The topological polar surface area (TPSA) is 65.4 Å². The molecule has 1 aromatic carbocycles. The van der Waals surface area contributed by atoms with E-state index >= 15 is 0 Å². The van der Waals surface area contributed by atoms with E-state index in [2.05, 4.69) is 15.4 Å². The third kappa shape index (κ3) is 2.38. The molecule has 0 bridgehead atoms. The Labute approximate surface area is 95.5 Å². The molecule has 1 heterocycles. The average molecular weight is 234 g/mol. The summed E-state index contributed by atoms with van der Waals surface area (Å²) in [5.74, 6) is 0.169. The first-order chi connectivity index (χ1) is 7.79. The van der Waals surface area contributed by atoms with Crippen LogP contribution in [0.5, 0.6) is 0 Å². The molecule has 0 saturated heterocycles. The van der Waals surface area contributed by atoms with Gasteiger partial charge in [0.1, 0.15) is 10.8 Å². The van der Waals surface area contributed by atoms with Crippen LogP contribution in [0.4, 0.5) is 4.39 Å². The summed E-state index contributed by atoms with van der Waals surface area (Å²) in [6.45, 7) is 0. The monoisotopic (exact) mass is 234 g/mol. The van der Waals surface area contributed by atoms with Crippen LogP contribution in [-0.2, 0) is 5.75 Å². The molecular formula is C10H7FN4S. The lowest BCUT2D eigenvalue weighted by Gasteiger charge is -2.01. The van der Waals surface area contributed by atoms with Gasteiger partial charge in [0.15, 0.2) is 0 Å². The van der Waals surface area contributed by atoms with E-state index in [9.17, 15) is 4.39 Å². The quantitative estimate of drug-likeness (QED) is 0.826. The number of nitrogens with zero attached hydrogens (tertiary/aromatic N) is 3. The predicted octanol–water partition coefficient (Wildman–Crippen LogP) is 2.11. The number of H-pyrrole nitrogens is 1. The Hall–Kier alpha value is -1.87. The number of aromatic nitrogens is 3. The van der Waals surface area contributed by atoms with Gasteiger partial charge in [-0.25, -0.2) is 4.39 Å². The number of halogens is 1. The maximum atomic E-state index is 12.9. The molecular weight excluding hydrogens is 227 g/mol. The van der Waals surface area contributed by atoms with Gasteiger partial charge in [-0.05, 0) is 17.7 Å². The van der Waals surface area contributed by atoms with Gasteiger partial charge in [0.2, 0.25) is 0 Å². The summed E-state index contributed by atoms with van der Waals surface area (Å²) in [5.41, 5.74) is 1.15. The first-order valence-corrected chi connectivity index (χ1v) is 5.45. The lowest BCUT2D eigenvalue weighted by atomic mass is 10.1. The number of benzene rings is 1. The number of thioether (sulfide) groups is 1. The fourth-order valence-corrected chi connectivity index (χ4v) is 1.98. The van der Waals surface area contributed by atoms with Gasteiger partial charge in [0, 0.05) is 5.75 Å². The second-order valence-electron chi connectivity index (χ2n) is 3.01. The van der Waals surface area contributed by atoms with E-state index in [1.807, 2.05) is 6.07 Å². The van der Waals surface area contributed by atoms with Crippen LogP contribution in [0.15, 0.2) is 29.4 Å². The van der Waals surface area contributed by atoms with Gasteiger partial charge in [-0.2, -0.15) is 15.6 Å². The molecule has 4 nitrogen and oxygen atoms in total. The van der Waals surface area contributed by atoms with Crippen molar-refractivity contribution < 1.29 is 4.39 Å². The minimum Gasteiger partial charge on any atom is -0.207 e. The third-order valence-corrected chi connectivity index (χ3v) is 2.91. The Morgan fingerprint density at radius 3 is 3.06 bits per heavy atom. The Morgan fingerprint density at radius 1 is 1.50 bits per heavy atom. The molecule has 1 aromatic heterocycles. The van der Waals surface area contributed by atoms with Crippen LogP contribution >= 0.6 is 11.8 Å². The molecule has 0 saturated carbocycles. The van der Waals surface area contributed by atoms with Crippen LogP contribution in [0.3, 0.4) is 0 Å². The van der Waals surface area contributed by atoms with Crippen LogP contribution in [0.25, 0.3) is 0 Å². The van der Waals surface area contributed by atoms with E-state index in [4.69, 9.17) is 5.26 Å². The molecule has 0 atom stereocenters. The van der Waals surface area contributed by atoms with E-state index in [1.165, 1.54) is 23.9 Å². The third-order valence-electron chi connectivity index (χ3n) is 1.96. The summed E-state index contributed by atoms with van der Waals surface area (Å²) in [4.78, 5) is 0. The van der Waals surface area contributed by atoms with Crippen LogP contribution in [0.2, 0.25) is 0 Å². The Morgan fingerprint density at radius 2 is 2.38 bits per heavy atom. The SMILES string of the molecule is N#Cc1cc(F)ccc1CSc1cn[nH]n1. The van der Waals surface area contributed by atoms with Crippen molar-refractivity contribution in [2.75, 3.05) is 0 Å². The summed E-state index contributed by atoms with van der Waals surface area (Å²) >= 11 is 1.44. The maximum absolute atomic E-state index is 12.9. The minimum absolute atomic E-state index is 0.357. The molecule has 0 aliphatic carbocycles. The lowest BCUT2D eigenvalue weighted by Crippen LogP contribution is -1.89. The molecule has 16 heavy (non-hydrogen) atoms. The normalized spacial score (nSPS) is 10.0. The molecule has 80 valence electrons. The molecule has 2 aromatic rings. The number of nitrogens with one attached hydrogen (secondary N) is 1. The highest BCUT2D eigenvalue weighted by Crippen LogP contribution is 2.22. The first-order valence-electron chi connectivity index (χ1n) is 4.46. The fourth-order valence-electron chi connectivity index (χ4n) is 1.19. The van der Waals surface area contributed by atoms with E-state index < -0.39 is 5.82 Å². The number of aromatic amines is 1. The summed E-state index contributed by atoms with van der Waals surface area (Å²) in [5, 5.41) is 19.6. The van der Waals surface area contributed by atoms with Crippen molar-refractivity contribution in [3.63, 3.8) is 0 Å². The first kappa shape index (κ1) is 10.6. The van der Waals surface area contributed by atoms with Gasteiger partial charge in [0.25, 0.3) is 0 Å². The zero-order chi connectivity index (χ0) is 11.4. The number of hydrogen-bond acceptors (Lipinski definition) is 4.